The van der Waals surface area contributed by atoms with Gasteiger partial charge in [-0.05, 0) is 54.8 Å². The second kappa shape index (κ2) is 6.98. The molecule has 2 aromatic carbocycles. The van der Waals surface area contributed by atoms with Gasteiger partial charge in [0.1, 0.15) is 6.07 Å². The number of aryl methyl sites for hydroxylation is 2. The topological polar surface area (TPSA) is 80.7 Å². The molecule has 7 heteroatoms. The lowest BCUT2D eigenvalue weighted by Crippen LogP contribution is -2.42. The van der Waals surface area contributed by atoms with Crippen molar-refractivity contribution in [3.05, 3.63) is 90.7 Å². The zero-order valence-corrected chi connectivity index (χ0v) is 15.0. The molecule has 1 aromatic heterocycles. The molecule has 0 atom stereocenters. The highest BCUT2D eigenvalue weighted by molar-refractivity contribution is 6.30. The molecule has 6 nitrogen and oxygen atoms in total. The molecule has 1 heterocycles. The lowest BCUT2D eigenvalue weighted by atomic mass is 10.1. The molecule has 0 aliphatic carbocycles. The summed E-state index contributed by atoms with van der Waals surface area (Å²) in [4.78, 5) is 25.3. The molecule has 26 heavy (non-hydrogen) atoms. The predicted molar refractivity (Wildman–Crippen MR) is 98.8 cm³/mol. The Morgan fingerprint density at radius 3 is 2.54 bits per heavy atom. The SMILES string of the molecule is Cc1ccc(-n2nc(C#N)c(=O)n(Cc3cccc(Cl)c3)c2=O)cc1C. The van der Waals surface area contributed by atoms with Crippen LogP contribution in [-0.4, -0.2) is 14.3 Å². The summed E-state index contributed by atoms with van der Waals surface area (Å²) in [5.41, 5.74) is 1.53. The second-order valence-electron chi connectivity index (χ2n) is 5.94. The molecule has 0 aliphatic heterocycles. The summed E-state index contributed by atoms with van der Waals surface area (Å²) >= 11 is 5.97. The molecule has 0 saturated carbocycles. The lowest BCUT2D eigenvalue weighted by molar-refractivity contribution is 0.611. The molecule has 130 valence electrons. The summed E-state index contributed by atoms with van der Waals surface area (Å²) in [6.07, 6.45) is 0. The van der Waals surface area contributed by atoms with E-state index in [1.165, 1.54) is 0 Å². The Bertz CT molecular complexity index is 1160. The van der Waals surface area contributed by atoms with Crippen molar-refractivity contribution >= 4 is 11.6 Å². The molecular formula is C19H15ClN4O2. The van der Waals surface area contributed by atoms with E-state index in [9.17, 15) is 14.9 Å². The average Bonchev–Trinajstić information content (AvgIpc) is 2.61. The molecule has 0 bridgehead atoms. The maximum atomic E-state index is 12.9. The number of halogens is 1. The Morgan fingerprint density at radius 2 is 1.88 bits per heavy atom. The molecular weight excluding hydrogens is 352 g/mol. The van der Waals surface area contributed by atoms with E-state index >= 15 is 0 Å². The van der Waals surface area contributed by atoms with Crippen LogP contribution in [0.4, 0.5) is 0 Å². The Labute approximate surface area is 154 Å². The van der Waals surface area contributed by atoms with E-state index in [4.69, 9.17) is 11.6 Å². The highest BCUT2D eigenvalue weighted by Gasteiger charge is 2.15. The van der Waals surface area contributed by atoms with Crippen LogP contribution in [0.1, 0.15) is 22.4 Å². The van der Waals surface area contributed by atoms with E-state index in [1.54, 1.807) is 42.5 Å². The minimum Gasteiger partial charge on any atom is -0.266 e. The van der Waals surface area contributed by atoms with Crippen molar-refractivity contribution in [2.45, 2.75) is 20.4 Å². The van der Waals surface area contributed by atoms with Gasteiger partial charge in [0.25, 0.3) is 5.56 Å². The summed E-state index contributed by atoms with van der Waals surface area (Å²) < 4.78 is 2.07. The third kappa shape index (κ3) is 3.30. The molecule has 3 aromatic rings. The van der Waals surface area contributed by atoms with Crippen LogP contribution in [-0.2, 0) is 6.54 Å². The maximum Gasteiger partial charge on any atom is 0.352 e. The summed E-state index contributed by atoms with van der Waals surface area (Å²) in [7, 11) is 0. The molecule has 0 amide bonds. The third-order valence-corrected chi connectivity index (χ3v) is 4.37. The molecule has 0 saturated heterocycles. The second-order valence-corrected chi connectivity index (χ2v) is 6.38. The first kappa shape index (κ1) is 17.6. The van der Waals surface area contributed by atoms with E-state index < -0.39 is 11.2 Å². The summed E-state index contributed by atoms with van der Waals surface area (Å²) in [6.45, 7) is 3.87. The fraction of sp³-hybridized carbons (Fsp3) is 0.158. The smallest absolute Gasteiger partial charge is 0.266 e. The van der Waals surface area contributed by atoms with Crippen molar-refractivity contribution in [1.82, 2.24) is 14.3 Å². The van der Waals surface area contributed by atoms with Gasteiger partial charge in [-0.2, -0.15) is 9.94 Å². The third-order valence-electron chi connectivity index (χ3n) is 4.13. The molecule has 0 N–H and O–H groups in total. The van der Waals surface area contributed by atoms with Gasteiger partial charge in [-0.25, -0.2) is 4.79 Å². The first-order chi connectivity index (χ1) is 12.4. The molecule has 0 radical (unpaired) electrons. The molecule has 0 spiro atoms. The van der Waals surface area contributed by atoms with Crippen LogP contribution in [0.3, 0.4) is 0 Å². The van der Waals surface area contributed by atoms with Crippen molar-refractivity contribution in [3.63, 3.8) is 0 Å². The number of nitrogens with zero attached hydrogens (tertiary/aromatic N) is 4. The van der Waals surface area contributed by atoms with Crippen molar-refractivity contribution in [2.75, 3.05) is 0 Å². The van der Waals surface area contributed by atoms with Crippen LogP contribution in [0.5, 0.6) is 0 Å². The number of aromatic nitrogens is 3. The highest BCUT2D eigenvalue weighted by Crippen LogP contribution is 2.13. The van der Waals surface area contributed by atoms with Crippen molar-refractivity contribution < 1.29 is 0 Å². The zero-order valence-electron chi connectivity index (χ0n) is 14.2. The molecule has 0 aliphatic rings. The Morgan fingerprint density at radius 1 is 1.12 bits per heavy atom. The van der Waals surface area contributed by atoms with Gasteiger partial charge in [0, 0.05) is 5.02 Å². The van der Waals surface area contributed by atoms with Crippen LogP contribution in [0.2, 0.25) is 5.02 Å². The maximum absolute atomic E-state index is 12.9. The standard InChI is InChI=1S/C19H15ClN4O2/c1-12-6-7-16(8-13(12)2)24-19(26)23(18(25)17(10-21)22-24)11-14-4-3-5-15(20)9-14/h3-9H,11H2,1-2H3. The van der Waals surface area contributed by atoms with Gasteiger partial charge < -0.3 is 0 Å². The van der Waals surface area contributed by atoms with E-state index in [-0.39, 0.29) is 12.2 Å². The fourth-order valence-electron chi connectivity index (χ4n) is 2.57. The van der Waals surface area contributed by atoms with E-state index in [2.05, 4.69) is 5.10 Å². The van der Waals surface area contributed by atoms with E-state index in [0.717, 1.165) is 20.4 Å². The highest BCUT2D eigenvalue weighted by atomic mass is 35.5. The van der Waals surface area contributed by atoms with Gasteiger partial charge in [0.2, 0.25) is 5.69 Å². The number of hydrogen-bond acceptors (Lipinski definition) is 4. The summed E-state index contributed by atoms with van der Waals surface area (Å²) in [6, 6.07) is 14.0. The molecule has 3 rings (SSSR count). The Kier molecular flexibility index (Phi) is 4.74. The summed E-state index contributed by atoms with van der Waals surface area (Å²) in [5, 5.41) is 13.7. The van der Waals surface area contributed by atoms with Crippen LogP contribution in [0.15, 0.2) is 52.1 Å². The van der Waals surface area contributed by atoms with Crippen LogP contribution < -0.4 is 11.2 Å². The van der Waals surface area contributed by atoms with Crippen LogP contribution >= 0.6 is 11.6 Å². The fourth-order valence-corrected chi connectivity index (χ4v) is 2.78. The minimum absolute atomic E-state index is 0.000268. The van der Waals surface area contributed by atoms with Gasteiger partial charge >= 0.3 is 5.69 Å². The van der Waals surface area contributed by atoms with E-state index in [1.807, 2.05) is 19.9 Å². The largest absolute Gasteiger partial charge is 0.352 e. The summed E-state index contributed by atoms with van der Waals surface area (Å²) in [5.74, 6) is 0. The predicted octanol–water partition coefficient (Wildman–Crippen LogP) is 2.58. The number of rotatable bonds is 3. The monoisotopic (exact) mass is 366 g/mol. The minimum atomic E-state index is -0.724. The van der Waals surface area contributed by atoms with Crippen molar-refractivity contribution in [2.24, 2.45) is 0 Å². The van der Waals surface area contributed by atoms with Gasteiger partial charge in [0.15, 0.2) is 0 Å². The van der Waals surface area contributed by atoms with Crippen molar-refractivity contribution in [3.8, 4) is 11.8 Å². The van der Waals surface area contributed by atoms with Crippen LogP contribution in [0.25, 0.3) is 5.69 Å². The zero-order chi connectivity index (χ0) is 18.8. The van der Waals surface area contributed by atoms with Crippen molar-refractivity contribution in [1.29, 1.82) is 5.26 Å². The number of benzene rings is 2. The first-order valence-corrected chi connectivity index (χ1v) is 8.25. The van der Waals surface area contributed by atoms with Gasteiger partial charge in [-0.15, -0.1) is 5.10 Å². The Hall–Kier alpha value is -3.17. The normalized spacial score (nSPS) is 10.5. The van der Waals surface area contributed by atoms with E-state index in [0.29, 0.717) is 16.3 Å². The lowest BCUT2D eigenvalue weighted by Gasteiger charge is -2.11. The van der Waals surface area contributed by atoms with Gasteiger partial charge in [-0.3, -0.25) is 9.36 Å². The number of hydrogen-bond donors (Lipinski definition) is 0. The molecule has 0 fully saturated rings. The first-order valence-electron chi connectivity index (χ1n) is 7.87. The number of nitriles is 1. The van der Waals surface area contributed by atoms with Crippen LogP contribution in [0, 0.1) is 25.2 Å². The van der Waals surface area contributed by atoms with Gasteiger partial charge in [-0.1, -0.05) is 29.8 Å². The quantitative estimate of drug-likeness (QED) is 0.713. The average molecular weight is 367 g/mol. The Balaban J connectivity index is 2.22. The van der Waals surface area contributed by atoms with Gasteiger partial charge in [0.05, 0.1) is 12.2 Å². The molecule has 0 unspecified atom stereocenters.